The third-order valence-corrected chi connectivity index (χ3v) is 5.71. The molecule has 152 valence electrons. The third-order valence-electron chi connectivity index (χ3n) is 4.31. The molecule has 4 aromatic rings. The summed E-state index contributed by atoms with van der Waals surface area (Å²) in [5.74, 6) is 0.461. The van der Waals surface area contributed by atoms with Crippen LogP contribution in [-0.2, 0) is 10.0 Å². The number of nitrogens with one attached hydrogen (secondary N) is 2. The van der Waals surface area contributed by atoms with Crippen molar-refractivity contribution in [3.63, 3.8) is 0 Å². The van der Waals surface area contributed by atoms with Gasteiger partial charge in [0.25, 0.3) is 15.9 Å². The predicted octanol–water partition coefficient (Wildman–Crippen LogP) is 2.79. The van der Waals surface area contributed by atoms with Gasteiger partial charge in [-0.05, 0) is 60.7 Å². The van der Waals surface area contributed by atoms with Gasteiger partial charge in [0.05, 0.1) is 12.0 Å². The monoisotopic (exact) mass is 423 g/mol. The van der Waals surface area contributed by atoms with Gasteiger partial charge in [-0.15, -0.1) is 10.2 Å². The van der Waals surface area contributed by atoms with Gasteiger partial charge >= 0.3 is 0 Å². The minimum atomic E-state index is -3.80. The number of hydrogen-bond acceptors (Lipinski definition) is 6. The summed E-state index contributed by atoms with van der Waals surface area (Å²) >= 11 is 0. The van der Waals surface area contributed by atoms with E-state index >= 15 is 0 Å². The Bertz CT molecular complexity index is 1300. The zero-order valence-electron chi connectivity index (χ0n) is 15.8. The van der Waals surface area contributed by atoms with Crippen LogP contribution in [-0.4, -0.2) is 36.0 Å². The molecule has 0 radical (unpaired) electrons. The number of anilines is 2. The number of amides is 1. The van der Waals surface area contributed by atoms with E-state index in [9.17, 15) is 13.2 Å². The standard InChI is InChI=1S/C20H17N5O4S/c1-29-16-9-7-15(8-10-16)24-30(27,28)17-11-5-14(6-12-17)19(26)21-20-23-22-18-4-2-3-13-25(18)20/h2-13,24H,1H3,(H,21,23,26). The van der Waals surface area contributed by atoms with Crippen molar-refractivity contribution in [1.82, 2.24) is 14.6 Å². The van der Waals surface area contributed by atoms with E-state index in [-0.39, 0.29) is 16.4 Å². The molecule has 0 aliphatic rings. The minimum absolute atomic E-state index is 0.0304. The number of hydrogen-bond donors (Lipinski definition) is 2. The van der Waals surface area contributed by atoms with Crippen molar-refractivity contribution in [2.45, 2.75) is 4.90 Å². The number of fused-ring (bicyclic) bond motifs is 1. The number of methoxy groups -OCH3 is 1. The molecule has 2 N–H and O–H groups in total. The normalized spacial score (nSPS) is 11.2. The van der Waals surface area contributed by atoms with E-state index in [2.05, 4.69) is 20.2 Å². The smallest absolute Gasteiger partial charge is 0.261 e. The quantitative estimate of drug-likeness (QED) is 0.493. The first-order valence-electron chi connectivity index (χ1n) is 8.84. The summed E-state index contributed by atoms with van der Waals surface area (Å²) in [7, 11) is -2.27. The molecule has 0 bridgehead atoms. The van der Waals surface area contributed by atoms with Gasteiger partial charge in [0, 0.05) is 17.4 Å². The predicted molar refractivity (Wildman–Crippen MR) is 111 cm³/mol. The number of carbonyl (C=O) groups is 1. The Labute approximate surface area is 172 Å². The first-order valence-corrected chi connectivity index (χ1v) is 10.3. The molecule has 0 aliphatic heterocycles. The largest absolute Gasteiger partial charge is 0.497 e. The molecule has 0 spiro atoms. The Kier molecular flexibility index (Phi) is 5.07. The highest BCUT2D eigenvalue weighted by atomic mass is 32.2. The summed E-state index contributed by atoms with van der Waals surface area (Å²) in [4.78, 5) is 12.5. The Hall–Kier alpha value is -3.92. The van der Waals surface area contributed by atoms with E-state index in [1.807, 2.05) is 6.07 Å². The molecule has 10 heteroatoms. The molecule has 9 nitrogen and oxygen atoms in total. The van der Waals surface area contributed by atoms with Gasteiger partial charge in [-0.2, -0.15) is 0 Å². The molecule has 0 fully saturated rings. The average Bonchev–Trinajstić information content (AvgIpc) is 3.17. The van der Waals surface area contributed by atoms with Crippen molar-refractivity contribution in [3.8, 4) is 5.75 Å². The van der Waals surface area contributed by atoms with E-state index < -0.39 is 15.9 Å². The number of benzene rings is 2. The van der Waals surface area contributed by atoms with Crippen LogP contribution in [0.5, 0.6) is 5.75 Å². The molecule has 0 saturated carbocycles. The van der Waals surface area contributed by atoms with E-state index in [0.29, 0.717) is 17.1 Å². The van der Waals surface area contributed by atoms with Crippen molar-refractivity contribution in [1.29, 1.82) is 0 Å². The lowest BCUT2D eigenvalue weighted by Crippen LogP contribution is -2.16. The van der Waals surface area contributed by atoms with Crippen LogP contribution >= 0.6 is 0 Å². The van der Waals surface area contributed by atoms with Gasteiger partial charge in [-0.3, -0.25) is 19.2 Å². The van der Waals surface area contributed by atoms with Crippen LogP contribution in [0.1, 0.15) is 10.4 Å². The van der Waals surface area contributed by atoms with Crippen molar-refractivity contribution >= 4 is 33.2 Å². The van der Waals surface area contributed by atoms with Crippen molar-refractivity contribution in [2.24, 2.45) is 0 Å². The van der Waals surface area contributed by atoms with Gasteiger partial charge < -0.3 is 4.74 Å². The van der Waals surface area contributed by atoms with E-state index in [4.69, 9.17) is 4.74 Å². The first-order chi connectivity index (χ1) is 14.5. The van der Waals surface area contributed by atoms with Crippen LogP contribution in [0.25, 0.3) is 5.65 Å². The number of rotatable bonds is 6. The molecule has 2 aromatic carbocycles. The maximum atomic E-state index is 12.6. The summed E-state index contributed by atoms with van der Waals surface area (Å²) < 4.78 is 34.3. The molecule has 2 aromatic heterocycles. The highest BCUT2D eigenvalue weighted by Crippen LogP contribution is 2.20. The van der Waals surface area contributed by atoms with E-state index in [0.717, 1.165) is 0 Å². The van der Waals surface area contributed by atoms with Gasteiger partial charge in [-0.1, -0.05) is 6.07 Å². The van der Waals surface area contributed by atoms with Gasteiger partial charge in [0.15, 0.2) is 5.65 Å². The molecule has 1 amide bonds. The zero-order chi connectivity index (χ0) is 21.1. The molecule has 30 heavy (non-hydrogen) atoms. The maximum Gasteiger partial charge on any atom is 0.261 e. The fourth-order valence-electron chi connectivity index (χ4n) is 2.76. The molecule has 0 saturated heterocycles. The van der Waals surface area contributed by atoms with Crippen molar-refractivity contribution < 1.29 is 17.9 Å². The number of carbonyl (C=O) groups excluding carboxylic acids is 1. The maximum absolute atomic E-state index is 12.6. The molecule has 4 rings (SSSR count). The lowest BCUT2D eigenvalue weighted by molar-refractivity contribution is 0.102. The van der Waals surface area contributed by atoms with Crippen LogP contribution in [0.4, 0.5) is 11.6 Å². The Morgan fingerprint density at radius 2 is 1.70 bits per heavy atom. The molecular formula is C20H17N5O4S. The second kappa shape index (κ2) is 7.84. The Balaban J connectivity index is 1.49. The zero-order valence-corrected chi connectivity index (χ0v) is 16.6. The van der Waals surface area contributed by atoms with Crippen molar-refractivity contribution in [3.05, 3.63) is 78.5 Å². The van der Waals surface area contributed by atoms with Crippen molar-refractivity contribution in [2.75, 3.05) is 17.1 Å². The van der Waals surface area contributed by atoms with Crippen LogP contribution in [0, 0.1) is 0 Å². The third kappa shape index (κ3) is 3.94. The number of aromatic nitrogens is 3. The van der Waals surface area contributed by atoms with Gasteiger partial charge in [0.2, 0.25) is 5.95 Å². The Morgan fingerprint density at radius 3 is 2.40 bits per heavy atom. The number of nitrogens with zero attached hydrogens (tertiary/aromatic N) is 3. The fraction of sp³-hybridized carbons (Fsp3) is 0.0500. The lowest BCUT2D eigenvalue weighted by Gasteiger charge is -2.09. The Morgan fingerprint density at radius 1 is 0.967 bits per heavy atom. The lowest BCUT2D eigenvalue weighted by atomic mass is 10.2. The molecule has 0 unspecified atom stereocenters. The average molecular weight is 423 g/mol. The van der Waals surface area contributed by atoms with E-state index in [1.54, 1.807) is 47.0 Å². The SMILES string of the molecule is COc1ccc(NS(=O)(=O)c2ccc(C(=O)Nc3nnc4ccccn34)cc2)cc1. The molecular weight excluding hydrogens is 406 g/mol. The summed E-state index contributed by atoms with van der Waals surface area (Å²) in [6.07, 6.45) is 1.73. The summed E-state index contributed by atoms with van der Waals surface area (Å²) in [6.45, 7) is 0. The number of pyridine rings is 1. The molecule has 0 atom stereocenters. The highest BCUT2D eigenvalue weighted by molar-refractivity contribution is 7.92. The number of ether oxygens (including phenoxy) is 1. The fourth-order valence-corrected chi connectivity index (χ4v) is 3.82. The van der Waals surface area contributed by atoms with Gasteiger partial charge in [0.1, 0.15) is 5.75 Å². The topological polar surface area (TPSA) is 115 Å². The minimum Gasteiger partial charge on any atom is -0.497 e. The summed E-state index contributed by atoms with van der Waals surface area (Å²) in [5, 5.41) is 10.6. The second-order valence-corrected chi connectivity index (χ2v) is 7.95. The van der Waals surface area contributed by atoms with Crippen LogP contribution < -0.4 is 14.8 Å². The van der Waals surface area contributed by atoms with Crippen LogP contribution in [0.3, 0.4) is 0 Å². The number of sulfonamides is 1. The molecule has 2 heterocycles. The summed E-state index contributed by atoms with van der Waals surface area (Å²) in [6, 6.07) is 17.5. The van der Waals surface area contributed by atoms with Crippen LogP contribution in [0.15, 0.2) is 77.8 Å². The first kappa shape index (κ1) is 19.4. The van der Waals surface area contributed by atoms with Crippen LogP contribution in [0.2, 0.25) is 0 Å². The molecule has 0 aliphatic carbocycles. The van der Waals surface area contributed by atoms with E-state index in [1.165, 1.54) is 31.4 Å². The highest BCUT2D eigenvalue weighted by Gasteiger charge is 2.16. The van der Waals surface area contributed by atoms with Gasteiger partial charge in [-0.25, -0.2) is 8.42 Å². The summed E-state index contributed by atoms with van der Waals surface area (Å²) in [5.41, 5.74) is 1.28. The second-order valence-electron chi connectivity index (χ2n) is 6.26.